The molecule has 0 bridgehead atoms. The normalized spacial score (nSPS) is 11.3. The molecule has 1 aromatic carbocycles. The van der Waals surface area contributed by atoms with Crippen molar-refractivity contribution in [3.63, 3.8) is 0 Å². The van der Waals surface area contributed by atoms with Crippen LogP contribution in [0.5, 0.6) is 0 Å². The van der Waals surface area contributed by atoms with Gasteiger partial charge >= 0.3 is 6.18 Å². The smallest absolute Gasteiger partial charge is 0.365 e. The number of anilines is 1. The highest BCUT2D eigenvalue weighted by Gasteiger charge is 2.35. The van der Waals surface area contributed by atoms with E-state index in [4.69, 9.17) is 40.5 Å². The summed E-state index contributed by atoms with van der Waals surface area (Å²) < 4.78 is 39.5. The Morgan fingerprint density at radius 1 is 1.07 bits per heavy atom. The molecule has 0 aliphatic rings. The summed E-state index contributed by atoms with van der Waals surface area (Å²) in [5, 5.41) is 2.35. The first kappa shape index (κ1) is 21.1. The van der Waals surface area contributed by atoms with Crippen molar-refractivity contribution in [3.05, 3.63) is 60.9 Å². The van der Waals surface area contributed by atoms with Crippen molar-refractivity contribution in [1.29, 1.82) is 0 Å². The molecule has 0 saturated carbocycles. The predicted octanol–water partition coefficient (Wildman–Crippen LogP) is 3.56. The summed E-state index contributed by atoms with van der Waals surface area (Å²) in [5.74, 6) is -2.25. The first-order chi connectivity index (χ1) is 12.4. The van der Waals surface area contributed by atoms with Gasteiger partial charge in [-0.25, -0.2) is 0 Å². The van der Waals surface area contributed by atoms with Crippen LogP contribution in [0.3, 0.4) is 0 Å². The van der Waals surface area contributed by atoms with Gasteiger partial charge in [0.05, 0.1) is 20.8 Å². The fourth-order valence-corrected chi connectivity index (χ4v) is 2.72. The molecule has 0 unspecified atom stereocenters. The van der Waals surface area contributed by atoms with Crippen molar-refractivity contribution in [2.24, 2.45) is 5.73 Å². The van der Waals surface area contributed by atoms with Gasteiger partial charge in [-0.05, 0) is 24.3 Å². The predicted molar refractivity (Wildman–Crippen MR) is 94.3 cm³/mol. The molecular formula is C15H9Cl3F3N3O3. The molecule has 0 aliphatic carbocycles. The lowest BCUT2D eigenvalue weighted by Crippen LogP contribution is -2.36. The minimum Gasteiger partial charge on any atom is -0.365 e. The van der Waals surface area contributed by atoms with E-state index in [-0.39, 0.29) is 25.3 Å². The number of carbonyl (C=O) groups excluding carboxylic acids is 2. The van der Waals surface area contributed by atoms with Crippen LogP contribution in [0.2, 0.25) is 15.1 Å². The Kier molecular flexibility index (Phi) is 6.08. The highest BCUT2D eigenvalue weighted by Crippen LogP contribution is 2.32. The zero-order valence-corrected chi connectivity index (χ0v) is 15.3. The Morgan fingerprint density at radius 3 is 2.22 bits per heavy atom. The van der Waals surface area contributed by atoms with Crippen LogP contribution in [0, 0.1) is 0 Å². The van der Waals surface area contributed by atoms with Gasteiger partial charge in [0.25, 0.3) is 11.5 Å². The molecule has 0 radical (unpaired) electrons. The molecule has 144 valence electrons. The lowest BCUT2D eigenvalue weighted by atomic mass is 10.2. The van der Waals surface area contributed by atoms with Crippen LogP contribution in [0.4, 0.5) is 18.9 Å². The molecule has 0 spiro atoms. The maximum atomic E-state index is 13.1. The number of hydrogen-bond donors (Lipinski definition) is 2. The first-order valence-electron chi connectivity index (χ1n) is 6.97. The SMILES string of the molecule is NC(=O)c1ccc(C(F)(F)F)n(CC(=O)Nc2cc(Cl)c(Cl)cc2Cl)c1=O. The number of nitrogens with one attached hydrogen (secondary N) is 1. The highest BCUT2D eigenvalue weighted by molar-refractivity contribution is 6.44. The number of nitrogens with zero attached hydrogens (tertiary/aromatic N) is 1. The number of carbonyl (C=O) groups is 2. The molecule has 2 amide bonds. The van der Waals surface area contributed by atoms with Crippen LogP contribution in [-0.4, -0.2) is 16.4 Å². The Bertz CT molecular complexity index is 990. The Labute approximate surface area is 164 Å². The molecule has 0 aliphatic heterocycles. The number of pyridine rings is 1. The van der Waals surface area contributed by atoms with Crippen LogP contribution in [0.15, 0.2) is 29.1 Å². The van der Waals surface area contributed by atoms with E-state index in [2.05, 4.69) is 5.32 Å². The van der Waals surface area contributed by atoms with Crippen molar-refractivity contribution in [1.82, 2.24) is 4.57 Å². The maximum Gasteiger partial charge on any atom is 0.431 e. The van der Waals surface area contributed by atoms with Gasteiger partial charge < -0.3 is 11.1 Å². The lowest BCUT2D eigenvalue weighted by molar-refractivity contribution is -0.144. The number of amides is 2. The van der Waals surface area contributed by atoms with Crippen LogP contribution in [0.1, 0.15) is 16.1 Å². The van der Waals surface area contributed by atoms with Gasteiger partial charge in [0, 0.05) is 0 Å². The molecule has 2 rings (SSSR count). The monoisotopic (exact) mass is 441 g/mol. The summed E-state index contributed by atoms with van der Waals surface area (Å²) in [6, 6.07) is 3.55. The standard InChI is InChI=1S/C15H9Cl3F3N3O3/c16-7-3-9(18)10(4-8(7)17)23-12(25)5-24-11(15(19,20)21)2-1-6(13(22)26)14(24)27/h1-4H,5H2,(H2,22,26)(H,23,25). The van der Waals surface area contributed by atoms with E-state index in [1.165, 1.54) is 12.1 Å². The molecule has 27 heavy (non-hydrogen) atoms. The van der Waals surface area contributed by atoms with Crippen LogP contribution in [-0.2, 0) is 17.5 Å². The van der Waals surface area contributed by atoms with Gasteiger partial charge in [-0.3, -0.25) is 19.0 Å². The maximum absolute atomic E-state index is 13.1. The van der Waals surface area contributed by atoms with Crippen molar-refractivity contribution in [2.75, 3.05) is 5.32 Å². The van der Waals surface area contributed by atoms with Crippen LogP contribution in [0.25, 0.3) is 0 Å². The number of hydrogen-bond acceptors (Lipinski definition) is 3. The zero-order chi connectivity index (χ0) is 20.5. The molecule has 1 heterocycles. The number of halogens is 6. The first-order valence-corrected chi connectivity index (χ1v) is 8.10. The number of rotatable bonds is 4. The summed E-state index contributed by atoms with van der Waals surface area (Å²) in [6.07, 6.45) is -4.95. The van der Waals surface area contributed by atoms with E-state index in [9.17, 15) is 27.6 Å². The number of aromatic nitrogens is 1. The molecule has 0 fully saturated rings. The zero-order valence-electron chi connectivity index (χ0n) is 13.0. The van der Waals surface area contributed by atoms with Gasteiger partial charge in [0.2, 0.25) is 5.91 Å². The van der Waals surface area contributed by atoms with Crippen molar-refractivity contribution in [3.8, 4) is 0 Å². The summed E-state index contributed by atoms with van der Waals surface area (Å²) in [6.45, 7) is -1.05. The number of benzene rings is 1. The van der Waals surface area contributed by atoms with E-state index >= 15 is 0 Å². The number of nitrogens with two attached hydrogens (primary N) is 1. The Balaban J connectivity index is 2.42. The third-order valence-electron chi connectivity index (χ3n) is 3.32. The second-order valence-electron chi connectivity index (χ2n) is 5.18. The van der Waals surface area contributed by atoms with Crippen molar-refractivity contribution in [2.45, 2.75) is 12.7 Å². The molecule has 1 aromatic heterocycles. The van der Waals surface area contributed by atoms with E-state index in [0.29, 0.717) is 12.1 Å². The molecule has 3 N–H and O–H groups in total. The summed E-state index contributed by atoms with van der Waals surface area (Å²) in [5.41, 5.74) is 1.48. The van der Waals surface area contributed by atoms with E-state index in [1.807, 2.05) is 0 Å². The summed E-state index contributed by atoms with van der Waals surface area (Å²) >= 11 is 17.4. The average molecular weight is 443 g/mol. The van der Waals surface area contributed by atoms with Crippen LogP contribution < -0.4 is 16.6 Å². The Hall–Kier alpha value is -2.23. The van der Waals surface area contributed by atoms with Gasteiger partial charge in [0.15, 0.2) is 0 Å². The third kappa shape index (κ3) is 4.74. The minimum atomic E-state index is -4.95. The third-order valence-corrected chi connectivity index (χ3v) is 4.35. The van der Waals surface area contributed by atoms with Crippen LogP contribution >= 0.6 is 34.8 Å². The van der Waals surface area contributed by atoms with Gasteiger partial charge in [-0.15, -0.1) is 0 Å². The Morgan fingerprint density at radius 2 is 1.67 bits per heavy atom. The molecule has 0 atom stereocenters. The summed E-state index contributed by atoms with van der Waals surface area (Å²) in [7, 11) is 0. The van der Waals surface area contributed by atoms with Gasteiger partial charge in [-0.2, -0.15) is 13.2 Å². The van der Waals surface area contributed by atoms with E-state index < -0.39 is 41.4 Å². The largest absolute Gasteiger partial charge is 0.431 e. The second-order valence-corrected chi connectivity index (χ2v) is 6.40. The highest BCUT2D eigenvalue weighted by atomic mass is 35.5. The average Bonchev–Trinajstić information content (AvgIpc) is 2.53. The van der Waals surface area contributed by atoms with E-state index in [0.717, 1.165) is 0 Å². The topological polar surface area (TPSA) is 94.2 Å². The number of primary amides is 1. The molecule has 0 saturated heterocycles. The summed E-state index contributed by atoms with van der Waals surface area (Å²) in [4.78, 5) is 35.5. The quantitative estimate of drug-likeness (QED) is 0.709. The molecule has 12 heteroatoms. The molecule has 2 aromatic rings. The van der Waals surface area contributed by atoms with Gasteiger partial charge in [0.1, 0.15) is 17.8 Å². The fourth-order valence-electron chi connectivity index (χ4n) is 2.12. The van der Waals surface area contributed by atoms with Crippen molar-refractivity contribution < 1.29 is 22.8 Å². The lowest BCUT2D eigenvalue weighted by Gasteiger charge is -2.16. The molecule has 6 nitrogen and oxygen atoms in total. The van der Waals surface area contributed by atoms with Gasteiger partial charge in [-0.1, -0.05) is 34.8 Å². The number of alkyl halides is 3. The second kappa shape index (κ2) is 7.79. The minimum absolute atomic E-state index is 0.0213. The molecular weight excluding hydrogens is 434 g/mol. The van der Waals surface area contributed by atoms with E-state index in [1.54, 1.807) is 0 Å². The van der Waals surface area contributed by atoms with Crippen molar-refractivity contribution >= 4 is 52.3 Å². The fraction of sp³-hybridized carbons (Fsp3) is 0.133.